The van der Waals surface area contributed by atoms with Crippen molar-refractivity contribution >= 4 is 11.6 Å². The first-order valence-electron chi connectivity index (χ1n) is 4.11. The highest BCUT2D eigenvalue weighted by atomic mass is 35.5. The lowest BCUT2D eigenvalue weighted by molar-refractivity contribution is 0.439. The van der Waals surface area contributed by atoms with E-state index in [4.69, 9.17) is 17.3 Å². The van der Waals surface area contributed by atoms with E-state index in [1.54, 1.807) is 6.07 Å². The van der Waals surface area contributed by atoms with E-state index in [1.165, 1.54) is 0 Å². The second kappa shape index (κ2) is 3.20. The molecule has 72 valence electrons. The summed E-state index contributed by atoms with van der Waals surface area (Å²) in [5.74, 6) is 0.0918. The van der Waals surface area contributed by atoms with E-state index in [0.29, 0.717) is 10.6 Å². The van der Waals surface area contributed by atoms with Crippen LogP contribution in [0.2, 0.25) is 5.02 Å². The largest absolute Gasteiger partial charge is 0.506 e. The zero-order valence-electron chi connectivity index (χ0n) is 8.06. The van der Waals surface area contributed by atoms with Gasteiger partial charge in [-0.3, -0.25) is 0 Å². The molecule has 0 aromatic heterocycles. The number of phenolic OH excluding ortho intramolecular Hbond substituents is 1. The number of benzene rings is 1. The van der Waals surface area contributed by atoms with Crippen molar-refractivity contribution in [2.24, 2.45) is 5.73 Å². The zero-order valence-corrected chi connectivity index (χ0v) is 8.81. The molecule has 0 bridgehead atoms. The molecule has 1 rings (SSSR count). The number of rotatable bonds is 1. The Hall–Kier alpha value is -0.730. The highest BCUT2D eigenvalue weighted by Gasteiger charge is 2.22. The van der Waals surface area contributed by atoms with Crippen molar-refractivity contribution in [2.75, 3.05) is 0 Å². The molecule has 0 heterocycles. The summed E-state index contributed by atoms with van der Waals surface area (Å²) in [5, 5.41) is 10.0. The number of hydrogen-bond acceptors (Lipinski definition) is 2. The smallest absolute Gasteiger partial charge is 0.139 e. The summed E-state index contributed by atoms with van der Waals surface area (Å²) < 4.78 is 0. The molecule has 0 radical (unpaired) electrons. The van der Waals surface area contributed by atoms with Crippen LogP contribution in [0, 0.1) is 6.92 Å². The molecule has 0 saturated heterocycles. The SMILES string of the molecule is Cc1ccc(Cl)c(O)c1C(C)(C)N. The van der Waals surface area contributed by atoms with Crippen LogP contribution < -0.4 is 5.73 Å². The number of hydrogen-bond donors (Lipinski definition) is 2. The van der Waals surface area contributed by atoms with E-state index in [1.807, 2.05) is 26.8 Å². The minimum Gasteiger partial charge on any atom is -0.506 e. The molecule has 0 spiro atoms. The Kier molecular flexibility index (Phi) is 2.55. The van der Waals surface area contributed by atoms with Crippen molar-refractivity contribution in [1.82, 2.24) is 0 Å². The van der Waals surface area contributed by atoms with Gasteiger partial charge in [0.05, 0.1) is 5.02 Å². The minimum absolute atomic E-state index is 0.0918. The summed E-state index contributed by atoms with van der Waals surface area (Å²) in [6.07, 6.45) is 0. The molecule has 3 N–H and O–H groups in total. The fraction of sp³-hybridized carbons (Fsp3) is 0.400. The maximum atomic E-state index is 9.70. The third kappa shape index (κ3) is 1.95. The van der Waals surface area contributed by atoms with Crippen molar-refractivity contribution in [1.29, 1.82) is 0 Å². The first-order chi connectivity index (χ1) is 5.84. The molecule has 0 unspecified atom stereocenters. The molecule has 1 aromatic carbocycles. The molecular weight excluding hydrogens is 186 g/mol. The summed E-state index contributed by atoms with van der Waals surface area (Å²) in [7, 11) is 0. The van der Waals surface area contributed by atoms with Crippen LogP contribution in [0.25, 0.3) is 0 Å². The maximum absolute atomic E-state index is 9.70. The van der Waals surface area contributed by atoms with Crippen LogP contribution in [0.5, 0.6) is 5.75 Å². The minimum atomic E-state index is -0.570. The van der Waals surface area contributed by atoms with Gasteiger partial charge in [0.25, 0.3) is 0 Å². The summed E-state index contributed by atoms with van der Waals surface area (Å²) in [4.78, 5) is 0. The van der Waals surface area contributed by atoms with Gasteiger partial charge in [0.15, 0.2) is 0 Å². The Morgan fingerprint density at radius 1 is 1.38 bits per heavy atom. The van der Waals surface area contributed by atoms with Gasteiger partial charge >= 0.3 is 0 Å². The predicted molar refractivity (Wildman–Crippen MR) is 55.1 cm³/mol. The third-order valence-corrected chi connectivity index (χ3v) is 2.29. The number of nitrogens with two attached hydrogens (primary N) is 1. The van der Waals surface area contributed by atoms with Gasteiger partial charge in [-0.1, -0.05) is 17.7 Å². The molecular formula is C10H14ClNO. The Bertz CT molecular complexity index is 328. The maximum Gasteiger partial charge on any atom is 0.139 e. The Morgan fingerprint density at radius 3 is 2.31 bits per heavy atom. The van der Waals surface area contributed by atoms with Crippen LogP contribution in [0.15, 0.2) is 12.1 Å². The quantitative estimate of drug-likeness (QED) is 0.730. The highest BCUT2D eigenvalue weighted by Crippen LogP contribution is 2.35. The average Bonchev–Trinajstić information content (AvgIpc) is 1.95. The van der Waals surface area contributed by atoms with E-state index in [-0.39, 0.29) is 5.75 Å². The van der Waals surface area contributed by atoms with Gasteiger partial charge in [-0.15, -0.1) is 0 Å². The van der Waals surface area contributed by atoms with Crippen molar-refractivity contribution < 1.29 is 5.11 Å². The van der Waals surface area contributed by atoms with Gasteiger partial charge in [-0.2, -0.15) is 0 Å². The monoisotopic (exact) mass is 199 g/mol. The number of aromatic hydroxyl groups is 1. The van der Waals surface area contributed by atoms with E-state index >= 15 is 0 Å². The van der Waals surface area contributed by atoms with Crippen LogP contribution in [-0.4, -0.2) is 5.11 Å². The standard InChI is InChI=1S/C10H14ClNO/c1-6-4-5-7(11)9(13)8(6)10(2,3)12/h4-5,13H,12H2,1-3H3. The van der Waals surface area contributed by atoms with Crippen molar-refractivity contribution in [2.45, 2.75) is 26.3 Å². The molecule has 0 aliphatic carbocycles. The molecule has 2 nitrogen and oxygen atoms in total. The summed E-state index contributed by atoms with van der Waals surface area (Å²) in [6, 6.07) is 3.52. The number of phenols is 1. The first-order valence-corrected chi connectivity index (χ1v) is 4.49. The number of halogens is 1. The van der Waals surface area contributed by atoms with Gasteiger partial charge in [0.2, 0.25) is 0 Å². The van der Waals surface area contributed by atoms with Gasteiger partial charge in [0.1, 0.15) is 5.75 Å². The van der Waals surface area contributed by atoms with Crippen LogP contribution >= 0.6 is 11.6 Å². The van der Waals surface area contributed by atoms with Crippen LogP contribution in [0.1, 0.15) is 25.0 Å². The average molecular weight is 200 g/mol. The van der Waals surface area contributed by atoms with E-state index in [0.717, 1.165) is 5.56 Å². The molecule has 1 aromatic rings. The Morgan fingerprint density at radius 2 is 1.92 bits per heavy atom. The van der Waals surface area contributed by atoms with Crippen molar-refractivity contribution in [3.8, 4) is 5.75 Å². The Balaban J connectivity index is 3.43. The van der Waals surface area contributed by atoms with E-state index < -0.39 is 5.54 Å². The fourth-order valence-corrected chi connectivity index (χ4v) is 1.64. The van der Waals surface area contributed by atoms with E-state index in [9.17, 15) is 5.11 Å². The molecule has 13 heavy (non-hydrogen) atoms. The molecule has 0 aliphatic rings. The lowest BCUT2D eigenvalue weighted by Gasteiger charge is -2.23. The molecule has 0 fully saturated rings. The topological polar surface area (TPSA) is 46.2 Å². The van der Waals surface area contributed by atoms with Gasteiger partial charge in [-0.05, 0) is 32.4 Å². The molecule has 3 heteroatoms. The van der Waals surface area contributed by atoms with Gasteiger partial charge in [-0.25, -0.2) is 0 Å². The lowest BCUT2D eigenvalue weighted by Crippen LogP contribution is -2.29. The second-order valence-electron chi connectivity index (χ2n) is 3.81. The summed E-state index contributed by atoms with van der Waals surface area (Å²) in [5.41, 5.74) is 7.00. The van der Waals surface area contributed by atoms with Crippen molar-refractivity contribution in [3.05, 3.63) is 28.3 Å². The van der Waals surface area contributed by atoms with Crippen LogP contribution in [0.4, 0.5) is 0 Å². The fourth-order valence-electron chi connectivity index (χ4n) is 1.48. The molecule has 0 amide bonds. The van der Waals surface area contributed by atoms with Crippen LogP contribution in [0.3, 0.4) is 0 Å². The molecule has 0 aliphatic heterocycles. The Labute approximate surface area is 83.3 Å². The van der Waals surface area contributed by atoms with Crippen LogP contribution in [-0.2, 0) is 5.54 Å². The predicted octanol–water partition coefficient (Wildman–Crippen LogP) is 2.55. The summed E-state index contributed by atoms with van der Waals surface area (Å²) in [6.45, 7) is 5.58. The highest BCUT2D eigenvalue weighted by molar-refractivity contribution is 6.32. The molecule has 0 saturated carbocycles. The summed E-state index contributed by atoms with van der Waals surface area (Å²) >= 11 is 5.79. The second-order valence-corrected chi connectivity index (χ2v) is 4.22. The zero-order chi connectivity index (χ0) is 10.2. The van der Waals surface area contributed by atoms with Crippen molar-refractivity contribution in [3.63, 3.8) is 0 Å². The number of aryl methyl sites for hydroxylation is 1. The van der Waals surface area contributed by atoms with Gasteiger partial charge < -0.3 is 10.8 Å². The first kappa shape index (κ1) is 10.4. The normalized spacial score (nSPS) is 11.8. The van der Waals surface area contributed by atoms with Gasteiger partial charge in [0, 0.05) is 11.1 Å². The van der Waals surface area contributed by atoms with E-state index in [2.05, 4.69) is 0 Å². The molecule has 0 atom stereocenters. The lowest BCUT2D eigenvalue weighted by atomic mass is 9.91. The third-order valence-electron chi connectivity index (χ3n) is 1.98.